The molecule has 0 aromatic rings. The summed E-state index contributed by atoms with van der Waals surface area (Å²) in [7, 11) is 0. The van der Waals surface area contributed by atoms with Gasteiger partial charge in [-0.25, -0.2) is 0 Å². The Morgan fingerprint density at radius 1 is 1.88 bits per heavy atom. The van der Waals surface area contributed by atoms with Gasteiger partial charge in [-0.05, 0) is 12.7 Å². The minimum absolute atomic E-state index is 0.632. The Kier molecular flexibility index (Phi) is 3.08. The van der Waals surface area contributed by atoms with Crippen molar-refractivity contribution in [3.05, 3.63) is 6.92 Å². The van der Waals surface area contributed by atoms with E-state index in [1.807, 2.05) is 23.5 Å². The van der Waals surface area contributed by atoms with Gasteiger partial charge in [-0.15, -0.1) is 23.5 Å². The van der Waals surface area contributed by atoms with Crippen molar-refractivity contribution in [2.24, 2.45) is 0 Å². The standard InChI is InChI=1S/C5H10NS2/c1-2-7-5-6-3-4-8-5/h5-6H,1-4H2. The maximum absolute atomic E-state index is 3.76. The third kappa shape index (κ3) is 1.88. The van der Waals surface area contributed by atoms with Crippen molar-refractivity contribution in [2.75, 3.05) is 18.1 Å². The van der Waals surface area contributed by atoms with Gasteiger partial charge in [0.25, 0.3) is 0 Å². The summed E-state index contributed by atoms with van der Waals surface area (Å²) in [6, 6.07) is 0. The summed E-state index contributed by atoms with van der Waals surface area (Å²) in [5.74, 6) is 2.24. The Bertz CT molecular complexity index is 61.4. The predicted molar refractivity (Wildman–Crippen MR) is 42.1 cm³/mol. The molecular formula is C5H10NS2. The van der Waals surface area contributed by atoms with Crippen LogP contribution in [0.15, 0.2) is 0 Å². The third-order valence-electron chi connectivity index (χ3n) is 0.952. The minimum Gasteiger partial charge on any atom is -0.296 e. The summed E-state index contributed by atoms with van der Waals surface area (Å²) >= 11 is 3.86. The molecule has 1 aliphatic heterocycles. The van der Waals surface area contributed by atoms with Crippen LogP contribution in [-0.4, -0.2) is 22.8 Å². The van der Waals surface area contributed by atoms with E-state index in [4.69, 9.17) is 0 Å². The summed E-state index contributed by atoms with van der Waals surface area (Å²) in [6.45, 7) is 4.93. The normalized spacial score (nSPS) is 28.9. The lowest BCUT2D eigenvalue weighted by atomic mass is 10.8. The van der Waals surface area contributed by atoms with Gasteiger partial charge in [0.15, 0.2) is 0 Å². The highest BCUT2D eigenvalue weighted by molar-refractivity contribution is 8.17. The molecular weight excluding hydrogens is 138 g/mol. The highest BCUT2D eigenvalue weighted by Crippen LogP contribution is 2.23. The molecule has 0 amide bonds. The molecule has 0 saturated carbocycles. The first kappa shape index (κ1) is 6.78. The van der Waals surface area contributed by atoms with Crippen LogP contribution in [-0.2, 0) is 0 Å². The van der Waals surface area contributed by atoms with Crippen molar-refractivity contribution in [1.82, 2.24) is 5.32 Å². The maximum Gasteiger partial charge on any atom is 0.100 e. The van der Waals surface area contributed by atoms with Crippen LogP contribution < -0.4 is 5.32 Å². The number of hydrogen-bond donors (Lipinski definition) is 1. The number of hydrogen-bond acceptors (Lipinski definition) is 3. The Labute approximate surface area is 59.0 Å². The van der Waals surface area contributed by atoms with E-state index in [-0.39, 0.29) is 0 Å². The zero-order valence-corrected chi connectivity index (χ0v) is 6.36. The molecule has 0 aromatic heterocycles. The van der Waals surface area contributed by atoms with Crippen LogP contribution in [0.25, 0.3) is 0 Å². The topological polar surface area (TPSA) is 12.0 Å². The molecule has 47 valence electrons. The van der Waals surface area contributed by atoms with Gasteiger partial charge >= 0.3 is 0 Å². The van der Waals surface area contributed by atoms with E-state index in [0.29, 0.717) is 4.71 Å². The second-order valence-corrected chi connectivity index (χ2v) is 4.25. The van der Waals surface area contributed by atoms with E-state index in [2.05, 4.69) is 12.2 Å². The maximum atomic E-state index is 3.76. The fourth-order valence-corrected chi connectivity index (χ4v) is 2.71. The molecule has 1 radical (unpaired) electrons. The Morgan fingerprint density at radius 2 is 2.75 bits per heavy atom. The first-order valence-corrected chi connectivity index (χ1v) is 4.79. The number of rotatable bonds is 2. The molecule has 1 N–H and O–H groups in total. The zero-order valence-electron chi connectivity index (χ0n) is 4.72. The third-order valence-corrected chi connectivity index (χ3v) is 3.38. The molecule has 1 saturated heterocycles. The Hall–Kier alpha value is 0.660. The highest BCUT2D eigenvalue weighted by atomic mass is 32.2. The van der Waals surface area contributed by atoms with E-state index in [0.717, 1.165) is 5.75 Å². The van der Waals surface area contributed by atoms with Crippen molar-refractivity contribution in [2.45, 2.75) is 4.71 Å². The van der Waals surface area contributed by atoms with Crippen molar-refractivity contribution in [3.8, 4) is 0 Å². The molecule has 0 aromatic carbocycles. The molecule has 0 aliphatic carbocycles. The first-order chi connectivity index (χ1) is 3.93. The summed E-state index contributed by atoms with van der Waals surface area (Å²) in [5.41, 5.74) is 0. The van der Waals surface area contributed by atoms with Crippen LogP contribution in [0.4, 0.5) is 0 Å². The molecule has 1 fully saturated rings. The SMILES string of the molecule is [CH2]CSC1NCCS1. The van der Waals surface area contributed by atoms with E-state index in [1.54, 1.807) is 0 Å². The molecule has 3 heteroatoms. The van der Waals surface area contributed by atoms with E-state index in [9.17, 15) is 0 Å². The minimum atomic E-state index is 0.632. The second kappa shape index (κ2) is 3.64. The van der Waals surface area contributed by atoms with Gasteiger partial charge in [0.1, 0.15) is 4.71 Å². The largest absolute Gasteiger partial charge is 0.296 e. The lowest BCUT2D eigenvalue weighted by Crippen LogP contribution is -2.15. The van der Waals surface area contributed by atoms with E-state index >= 15 is 0 Å². The van der Waals surface area contributed by atoms with Crippen molar-refractivity contribution in [3.63, 3.8) is 0 Å². The van der Waals surface area contributed by atoms with Gasteiger partial charge in [-0.1, -0.05) is 0 Å². The van der Waals surface area contributed by atoms with Gasteiger partial charge in [-0.2, -0.15) is 0 Å². The smallest absolute Gasteiger partial charge is 0.100 e. The molecule has 1 unspecified atom stereocenters. The molecule has 1 rings (SSSR count). The second-order valence-electron chi connectivity index (χ2n) is 1.53. The highest BCUT2D eigenvalue weighted by Gasteiger charge is 2.12. The molecule has 0 spiro atoms. The van der Waals surface area contributed by atoms with Crippen LogP contribution in [0.2, 0.25) is 0 Å². The zero-order chi connectivity index (χ0) is 5.82. The monoisotopic (exact) mass is 148 g/mol. The van der Waals surface area contributed by atoms with Crippen LogP contribution in [0.5, 0.6) is 0 Å². The van der Waals surface area contributed by atoms with Crippen molar-refractivity contribution >= 4 is 23.5 Å². The van der Waals surface area contributed by atoms with Crippen LogP contribution in [0.3, 0.4) is 0 Å². The molecule has 1 atom stereocenters. The lowest BCUT2D eigenvalue weighted by Gasteiger charge is -2.04. The fraction of sp³-hybridized carbons (Fsp3) is 0.800. The summed E-state index contributed by atoms with van der Waals surface area (Å²) in [4.78, 5) is 0. The Balaban J connectivity index is 2.06. The van der Waals surface area contributed by atoms with Gasteiger partial charge in [0.05, 0.1) is 0 Å². The van der Waals surface area contributed by atoms with Gasteiger partial charge < -0.3 is 0 Å². The Morgan fingerprint density at radius 3 is 3.25 bits per heavy atom. The summed E-state index contributed by atoms with van der Waals surface area (Å²) in [6.07, 6.45) is 0. The molecule has 1 nitrogen and oxygen atoms in total. The predicted octanol–water partition coefficient (Wildman–Crippen LogP) is 1.17. The first-order valence-electron chi connectivity index (χ1n) is 2.69. The fourth-order valence-electron chi connectivity index (χ4n) is 0.616. The van der Waals surface area contributed by atoms with Gasteiger partial charge in [-0.3, -0.25) is 5.32 Å². The van der Waals surface area contributed by atoms with Crippen molar-refractivity contribution < 1.29 is 0 Å². The molecule has 1 heterocycles. The van der Waals surface area contributed by atoms with Crippen LogP contribution in [0.1, 0.15) is 0 Å². The van der Waals surface area contributed by atoms with Crippen molar-refractivity contribution in [1.29, 1.82) is 0 Å². The van der Waals surface area contributed by atoms with Gasteiger partial charge in [0, 0.05) is 12.3 Å². The number of nitrogens with one attached hydrogen (secondary N) is 1. The number of thioether (sulfide) groups is 2. The molecule has 8 heavy (non-hydrogen) atoms. The molecule has 1 aliphatic rings. The quantitative estimate of drug-likeness (QED) is 0.631. The average Bonchev–Trinajstić information content (AvgIpc) is 2.19. The van der Waals surface area contributed by atoms with Gasteiger partial charge in [0.2, 0.25) is 0 Å². The average molecular weight is 148 g/mol. The van der Waals surface area contributed by atoms with E-state index < -0.39 is 0 Å². The summed E-state index contributed by atoms with van der Waals surface area (Å²) < 4.78 is 0.632. The lowest BCUT2D eigenvalue weighted by molar-refractivity contribution is 0.854. The van der Waals surface area contributed by atoms with Crippen LogP contribution >= 0.6 is 23.5 Å². The van der Waals surface area contributed by atoms with Crippen LogP contribution in [0, 0.1) is 6.92 Å². The van der Waals surface area contributed by atoms with E-state index in [1.165, 1.54) is 12.3 Å². The molecule has 0 bridgehead atoms. The summed E-state index contributed by atoms with van der Waals surface area (Å²) in [5, 5.41) is 3.34.